The Hall–Kier alpha value is -3.33. The summed E-state index contributed by atoms with van der Waals surface area (Å²) in [5.41, 5.74) is 1.31. The first-order valence-corrected chi connectivity index (χ1v) is 11.9. The van der Waals surface area contributed by atoms with Gasteiger partial charge in [0.05, 0.1) is 5.56 Å². The summed E-state index contributed by atoms with van der Waals surface area (Å²) in [6.07, 6.45) is -3.25. The van der Waals surface area contributed by atoms with Gasteiger partial charge in [-0.1, -0.05) is 40.2 Å². The number of rotatable bonds is 7. The van der Waals surface area contributed by atoms with Crippen LogP contribution < -0.4 is 4.74 Å². The van der Waals surface area contributed by atoms with Gasteiger partial charge in [0.25, 0.3) is 5.91 Å². The zero-order valence-corrected chi connectivity index (χ0v) is 20.9. The lowest BCUT2D eigenvalue weighted by atomic mass is 9.91. The zero-order chi connectivity index (χ0) is 26.1. The Bertz CT molecular complexity index is 1280. The molecule has 1 heterocycles. The van der Waals surface area contributed by atoms with E-state index in [0.717, 1.165) is 32.6 Å². The minimum Gasteiger partial charge on any atom is -0.487 e. The fraction of sp³-hybridized carbons (Fsp3) is 0.259. The van der Waals surface area contributed by atoms with Crippen LogP contribution in [0.4, 0.5) is 13.2 Å². The van der Waals surface area contributed by atoms with Gasteiger partial charge < -0.3 is 14.7 Å². The summed E-state index contributed by atoms with van der Waals surface area (Å²) in [6.45, 7) is 1.27. The van der Waals surface area contributed by atoms with E-state index >= 15 is 0 Å². The molecule has 1 N–H and O–H groups in total. The number of halogens is 4. The average molecular weight is 562 g/mol. The zero-order valence-electron chi connectivity index (χ0n) is 19.3. The molecule has 1 atom stereocenters. The van der Waals surface area contributed by atoms with Crippen molar-refractivity contribution in [1.82, 2.24) is 4.90 Å². The van der Waals surface area contributed by atoms with E-state index in [0.29, 0.717) is 29.7 Å². The Kier molecular flexibility index (Phi) is 7.13. The maximum absolute atomic E-state index is 13.2. The fourth-order valence-electron chi connectivity index (χ4n) is 4.35. The van der Waals surface area contributed by atoms with Crippen molar-refractivity contribution >= 4 is 27.8 Å². The van der Waals surface area contributed by atoms with E-state index in [9.17, 15) is 27.9 Å². The minimum absolute atomic E-state index is 0.141. The molecule has 36 heavy (non-hydrogen) atoms. The molecule has 0 bridgehead atoms. The molecule has 0 aliphatic carbocycles. The third-order valence-corrected chi connectivity index (χ3v) is 6.52. The number of carbonyl (C=O) groups excluding carboxylic acids is 1. The number of fused-ring (bicyclic) bond motifs is 1. The number of nitrogens with zero attached hydrogens (tertiary/aromatic N) is 1. The molecule has 5 nitrogen and oxygen atoms in total. The largest absolute Gasteiger partial charge is 0.487 e. The Labute approximate surface area is 214 Å². The SMILES string of the molecule is C[C@]1(Cc2ccc(Br)cc2)Cc2cc(C(=O)N(CC(=O)O)Cc3ccc(C(F)(F)F)cc3)ccc2O1. The third-order valence-electron chi connectivity index (χ3n) is 5.99. The van der Waals surface area contributed by atoms with Crippen LogP contribution in [0.2, 0.25) is 0 Å². The lowest BCUT2D eigenvalue weighted by Crippen LogP contribution is -2.35. The normalized spacial score (nSPS) is 16.8. The number of carboxylic acids is 1. The highest BCUT2D eigenvalue weighted by molar-refractivity contribution is 9.10. The molecular weight excluding hydrogens is 539 g/mol. The van der Waals surface area contributed by atoms with Gasteiger partial charge in [-0.05, 0) is 66.1 Å². The molecule has 3 aromatic carbocycles. The highest BCUT2D eigenvalue weighted by Gasteiger charge is 2.36. The molecule has 1 aliphatic rings. The summed E-state index contributed by atoms with van der Waals surface area (Å²) in [5, 5.41) is 9.32. The van der Waals surface area contributed by atoms with Crippen molar-refractivity contribution in [3.63, 3.8) is 0 Å². The second-order valence-electron chi connectivity index (χ2n) is 9.10. The molecule has 0 spiro atoms. The van der Waals surface area contributed by atoms with Crippen LogP contribution in [0.25, 0.3) is 0 Å². The van der Waals surface area contributed by atoms with E-state index in [1.165, 1.54) is 12.1 Å². The van der Waals surface area contributed by atoms with Crippen LogP contribution in [-0.4, -0.2) is 34.0 Å². The van der Waals surface area contributed by atoms with Crippen LogP contribution in [0.15, 0.2) is 71.2 Å². The number of aliphatic carboxylic acids is 1. The van der Waals surface area contributed by atoms with Crippen molar-refractivity contribution in [3.05, 3.63) is 99.0 Å². The number of benzene rings is 3. The van der Waals surface area contributed by atoms with E-state index in [1.54, 1.807) is 18.2 Å². The monoisotopic (exact) mass is 561 g/mol. The number of carboxylic acid groups (broad SMARTS) is 1. The molecule has 4 rings (SSSR count). The van der Waals surface area contributed by atoms with E-state index in [2.05, 4.69) is 15.9 Å². The van der Waals surface area contributed by atoms with Gasteiger partial charge in [-0.15, -0.1) is 0 Å². The van der Waals surface area contributed by atoms with Gasteiger partial charge in [-0.25, -0.2) is 0 Å². The number of hydrogen-bond acceptors (Lipinski definition) is 3. The van der Waals surface area contributed by atoms with Crippen LogP contribution in [0, 0.1) is 0 Å². The topological polar surface area (TPSA) is 66.8 Å². The summed E-state index contributed by atoms with van der Waals surface area (Å²) < 4.78 is 45.7. The lowest BCUT2D eigenvalue weighted by Gasteiger charge is -2.24. The molecule has 1 aliphatic heterocycles. The van der Waals surface area contributed by atoms with E-state index < -0.39 is 35.8 Å². The Morgan fingerprint density at radius 3 is 2.28 bits per heavy atom. The summed E-state index contributed by atoms with van der Waals surface area (Å²) >= 11 is 3.43. The first kappa shape index (κ1) is 25.8. The predicted octanol–water partition coefficient (Wildman–Crippen LogP) is 6.13. The van der Waals surface area contributed by atoms with Crippen LogP contribution in [0.3, 0.4) is 0 Å². The van der Waals surface area contributed by atoms with E-state index in [-0.39, 0.29) is 6.54 Å². The molecule has 1 amide bonds. The number of ether oxygens (including phenoxy) is 1. The van der Waals surface area contributed by atoms with Crippen molar-refractivity contribution in [3.8, 4) is 5.75 Å². The molecule has 0 fully saturated rings. The Balaban J connectivity index is 1.51. The first-order chi connectivity index (χ1) is 16.9. The van der Waals surface area contributed by atoms with Gasteiger partial charge in [0.2, 0.25) is 0 Å². The Morgan fingerprint density at radius 2 is 1.67 bits per heavy atom. The molecule has 9 heteroatoms. The smallest absolute Gasteiger partial charge is 0.416 e. The molecule has 0 saturated carbocycles. The third kappa shape index (κ3) is 6.07. The number of amides is 1. The molecule has 0 aromatic heterocycles. The minimum atomic E-state index is -4.48. The van der Waals surface area contributed by atoms with E-state index in [1.807, 2.05) is 31.2 Å². The van der Waals surface area contributed by atoms with Gasteiger partial charge in [-0.2, -0.15) is 13.2 Å². The molecule has 0 saturated heterocycles. The van der Waals surface area contributed by atoms with Crippen LogP contribution in [-0.2, 0) is 30.4 Å². The molecule has 3 aromatic rings. The molecule has 188 valence electrons. The van der Waals surface area contributed by atoms with Crippen molar-refractivity contribution in [2.45, 2.75) is 38.1 Å². The summed E-state index contributed by atoms with van der Waals surface area (Å²) in [7, 11) is 0. The first-order valence-electron chi connectivity index (χ1n) is 11.2. The van der Waals surface area contributed by atoms with Crippen molar-refractivity contribution < 1.29 is 32.6 Å². The number of hydrogen-bond donors (Lipinski definition) is 1. The maximum Gasteiger partial charge on any atom is 0.416 e. The van der Waals surface area contributed by atoms with Gasteiger partial charge in [0, 0.05) is 29.4 Å². The summed E-state index contributed by atoms with van der Waals surface area (Å²) in [6, 6.07) is 17.3. The maximum atomic E-state index is 13.2. The molecule has 0 unspecified atom stereocenters. The molecule has 0 radical (unpaired) electrons. The van der Waals surface area contributed by atoms with Gasteiger partial charge in [0.1, 0.15) is 17.9 Å². The average Bonchev–Trinajstić information content (AvgIpc) is 3.14. The molecular formula is C27H23BrF3NO4. The van der Waals surface area contributed by atoms with Crippen LogP contribution in [0.5, 0.6) is 5.75 Å². The quantitative estimate of drug-likeness (QED) is 0.376. The van der Waals surface area contributed by atoms with Crippen molar-refractivity contribution in [2.75, 3.05) is 6.54 Å². The number of carbonyl (C=O) groups is 2. The van der Waals surface area contributed by atoms with E-state index in [4.69, 9.17) is 4.74 Å². The second-order valence-corrected chi connectivity index (χ2v) is 10.0. The fourth-order valence-corrected chi connectivity index (χ4v) is 4.62. The lowest BCUT2D eigenvalue weighted by molar-refractivity contribution is -0.138. The van der Waals surface area contributed by atoms with Crippen LogP contribution in [0.1, 0.15) is 39.5 Å². The predicted molar refractivity (Wildman–Crippen MR) is 131 cm³/mol. The Morgan fingerprint density at radius 1 is 1.03 bits per heavy atom. The van der Waals surface area contributed by atoms with Crippen molar-refractivity contribution in [2.24, 2.45) is 0 Å². The standard InChI is InChI=1S/C27H23BrF3NO4/c1-26(13-17-4-9-22(28)10-5-17)14-20-12-19(6-11-23(20)36-26)25(35)32(16-24(33)34)15-18-2-7-21(8-3-18)27(29,30)31/h2-12H,13-16H2,1H3,(H,33,34)/t26-/m0/s1. The number of alkyl halides is 3. The van der Waals surface area contributed by atoms with Crippen LogP contribution >= 0.6 is 15.9 Å². The van der Waals surface area contributed by atoms with Gasteiger partial charge in [-0.3, -0.25) is 9.59 Å². The second kappa shape index (κ2) is 9.97. The summed E-state index contributed by atoms with van der Waals surface area (Å²) in [5.74, 6) is -1.08. The van der Waals surface area contributed by atoms with Gasteiger partial charge in [0.15, 0.2) is 0 Å². The van der Waals surface area contributed by atoms with Gasteiger partial charge >= 0.3 is 12.1 Å². The highest BCUT2D eigenvalue weighted by Crippen LogP contribution is 2.38. The highest BCUT2D eigenvalue weighted by atomic mass is 79.9. The summed E-state index contributed by atoms with van der Waals surface area (Å²) in [4.78, 5) is 25.8. The van der Waals surface area contributed by atoms with Crippen molar-refractivity contribution in [1.29, 1.82) is 0 Å².